The fourth-order valence-corrected chi connectivity index (χ4v) is 3.54. The maximum absolute atomic E-state index is 6.34. The highest BCUT2D eigenvalue weighted by Crippen LogP contribution is 2.41. The van der Waals surface area contributed by atoms with Crippen molar-refractivity contribution < 1.29 is 0 Å². The van der Waals surface area contributed by atoms with Crippen LogP contribution in [0.2, 0.25) is 0 Å². The zero-order chi connectivity index (χ0) is 17.1. The second-order valence-corrected chi connectivity index (χ2v) is 6.00. The Hall–Kier alpha value is -3.33. The van der Waals surface area contributed by atoms with E-state index in [1.807, 2.05) is 29.1 Å². The molecule has 3 nitrogen and oxygen atoms in total. The molecule has 1 aromatic heterocycles. The molecule has 0 fully saturated rings. The third kappa shape index (κ3) is 2.41. The van der Waals surface area contributed by atoms with Gasteiger partial charge in [-0.05, 0) is 16.7 Å². The van der Waals surface area contributed by atoms with Crippen molar-refractivity contribution in [1.82, 2.24) is 9.55 Å². The molecule has 0 saturated carbocycles. The summed E-state index contributed by atoms with van der Waals surface area (Å²) in [6.07, 6.45) is 3.51. The van der Waals surface area contributed by atoms with Crippen molar-refractivity contribution in [2.75, 3.05) is 5.73 Å². The third-order valence-corrected chi connectivity index (χ3v) is 4.60. The zero-order valence-corrected chi connectivity index (χ0v) is 13.8. The van der Waals surface area contributed by atoms with Gasteiger partial charge in [-0.15, -0.1) is 0 Å². The van der Waals surface area contributed by atoms with Crippen molar-refractivity contribution in [3.63, 3.8) is 0 Å². The Kier molecular flexibility index (Phi) is 3.82. The summed E-state index contributed by atoms with van der Waals surface area (Å²) in [4.78, 5) is 4.30. The van der Waals surface area contributed by atoms with Gasteiger partial charge in [-0.2, -0.15) is 0 Å². The average Bonchev–Trinajstić information content (AvgIpc) is 3.12. The molecule has 4 rings (SSSR count). The van der Waals surface area contributed by atoms with Gasteiger partial charge in [0.25, 0.3) is 0 Å². The number of hydrogen-bond donors (Lipinski definition) is 1. The molecule has 0 aliphatic rings. The Morgan fingerprint density at radius 3 is 1.36 bits per heavy atom. The van der Waals surface area contributed by atoms with E-state index >= 15 is 0 Å². The number of rotatable bonds is 4. The molecule has 0 bridgehead atoms. The molecular weight excluding hydrogens is 306 g/mol. The van der Waals surface area contributed by atoms with Crippen LogP contribution in [0.15, 0.2) is 104 Å². The maximum Gasteiger partial charge on any atom is 0.124 e. The smallest absolute Gasteiger partial charge is 0.124 e. The lowest BCUT2D eigenvalue weighted by atomic mass is 9.76. The van der Waals surface area contributed by atoms with Crippen LogP contribution in [0.5, 0.6) is 0 Å². The number of benzene rings is 3. The van der Waals surface area contributed by atoms with Gasteiger partial charge in [0.05, 0.1) is 12.5 Å². The van der Waals surface area contributed by atoms with Gasteiger partial charge in [0.15, 0.2) is 0 Å². The molecule has 0 aliphatic heterocycles. The van der Waals surface area contributed by atoms with Gasteiger partial charge in [0.1, 0.15) is 11.4 Å². The first kappa shape index (κ1) is 15.2. The quantitative estimate of drug-likeness (QED) is 0.568. The molecule has 1 heterocycles. The monoisotopic (exact) mass is 325 g/mol. The zero-order valence-electron chi connectivity index (χ0n) is 13.8. The molecular formula is C22H19N3. The van der Waals surface area contributed by atoms with Crippen molar-refractivity contribution >= 4 is 5.82 Å². The number of aromatic nitrogens is 2. The number of nitrogen functional groups attached to an aromatic ring is 1. The Bertz CT molecular complexity index is 848. The minimum Gasteiger partial charge on any atom is -0.384 e. The summed E-state index contributed by atoms with van der Waals surface area (Å²) in [5.41, 5.74) is 9.17. The van der Waals surface area contributed by atoms with E-state index in [1.54, 1.807) is 6.20 Å². The van der Waals surface area contributed by atoms with Gasteiger partial charge in [-0.3, -0.25) is 4.57 Å². The molecule has 3 aromatic carbocycles. The Morgan fingerprint density at radius 1 is 0.640 bits per heavy atom. The minimum absolute atomic E-state index is 0.579. The van der Waals surface area contributed by atoms with Crippen LogP contribution in [0.1, 0.15) is 16.7 Å². The lowest BCUT2D eigenvalue weighted by molar-refractivity contribution is 0.521. The van der Waals surface area contributed by atoms with Crippen LogP contribution in [-0.2, 0) is 5.54 Å². The van der Waals surface area contributed by atoms with E-state index in [4.69, 9.17) is 5.73 Å². The predicted molar refractivity (Wildman–Crippen MR) is 101 cm³/mol. The average molecular weight is 325 g/mol. The fourth-order valence-electron chi connectivity index (χ4n) is 3.54. The summed E-state index contributed by atoms with van der Waals surface area (Å²) in [6, 6.07) is 31.3. The van der Waals surface area contributed by atoms with E-state index in [0.717, 1.165) is 16.7 Å². The SMILES string of the molecule is Nc1cncn1C(c1ccccc1)(c1ccccc1)c1ccccc1. The maximum atomic E-state index is 6.34. The van der Waals surface area contributed by atoms with E-state index in [2.05, 4.69) is 77.8 Å². The Labute approximate surface area is 147 Å². The van der Waals surface area contributed by atoms with E-state index in [9.17, 15) is 0 Å². The molecule has 4 aromatic rings. The number of imidazole rings is 1. The Balaban J connectivity index is 2.15. The number of nitrogens with two attached hydrogens (primary N) is 1. The van der Waals surface area contributed by atoms with Gasteiger partial charge in [-0.1, -0.05) is 91.0 Å². The second-order valence-electron chi connectivity index (χ2n) is 6.00. The Morgan fingerprint density at radius 2 is 1.04 bits per heavy atom. The van der Waals surface area contributed by atoms with Crippen LogP contribution >= 0.6 is 0 Å². The molecule has 0 saturated heterocycles. The van der Waals surface area contributed by atoms with E-state index < -0.39 is 5.54 Å². The van der Waals surface area contributed by atoms with E-state index in [1.165, 1.54) is 0 Å². The first-order valence-electron chi connectivity index (χ1n) is 8.28. The summed E-state index contributed by atoms with van der Waals surface area (Å²) in [7, 11) is 0. The lowest BCUT2D eigenvalue weighted by Gasteiger charge is -2.38. The highest BCUT2D eigenvalue weighted by Gasteiger charge is 2.39. The molecule has 25 heavy (non-hydrogen) atoms. The number of hydrogen-bond acceptors (Lipinski definition) is 2. The summed E-state index contributed by atoms with van der Waals surface area (Å²) in [5.74, 6) is 0.622. The van der Waals surface area contributed by atoms with Crippen LogP contribution in [0.3, 0.4) is 0 Å². The lowest BCUT2D eigenvalue weighted by Crippen LogP contribution is -2.38. The van der Waals surface area contributed by atoms with Crippen LogP contribution in [0.25, 0.3) is 0 Å². The molecule has 0 aliphatic carbocycles. The highest BCUT2D eigenvalue weighted by atomic mass is 15.2. The van der Waals surface area contributed by atoms with Crippen molar-refractivity contribution in [3.05, 3.63) is 120 Å². The first-order valence-corrected chi connectivity index (χ1v) is 8.28. The topological polar surface area (TPSA) is 43.8 Å². The van der Waals surface area contributed by atoms with Crippen molar-refractivity contribution in [1.29, 1.82) is 0 Å². The fraction of sp³-hybridized carbons (Fsp3) is 0.0455. The molecule has 0 atom stereocenters. The molecule has 0 amide bonds. The van der Waals surface area contributed by atoms with Gasteiger partial charge in [0.2, 0.25) is 0 Å². The van der Waals surface area contributed by atoms with Crippen LogP contribution < -0.4 is 5.73 Å². The second kappa shape index (κ2) is 6.29. The molecule has 0 radical (unpaired) electrons. The first-order chi connectivity index (χ1) is 12.3. The van der Waals surface area contributed by atoms with E-state index in [-0.39, 0.29) is 0 Å². The van der Waals surface area contributed by atoms with Gasteiger partial charge in [-0.25, -0.2) is 4.98 Å². The molecule has 122 valence electrons. The molecule has 0 unspecified atom stereocenters. The summed E-state index contributed by atoms with van der Waals surface area (Å²) in [5, 5.41) is 0. The van der Waals surface area contributed by atoms with Gasteiger partial charge in [0, 0.05) is 0 Å². The van der Waals surface area contributed by atoms with Crippen LogP contribution in [0, 0.1) is 0 Å². The highest BCUT2D eigenvalue weighted by molar-refractivity contribution is 5.53. The summed E-state index contributed by atoms with van der Waals surface area (Å²) in [6.45, 7) is 0. The van der Waals surface area contributed by atoms with Crippen LogP contribution in [0.4, 0.5) is 5.82 Å². The third-order valence-electron chi connectivity index (χ3n) is 4.60. The number of anilines is 1. The predicted octanol–water partition coefficient (Wildman–Crippen LogP) is 4.31. The van der Waals surface area contributed by atoms with Crippen molar-refractivity contribution in [2.24, 2.45) is 0 Å². The van der Waals surface area contributed by atoms with Gasteiger partial charge < -0.3 is 5.73 Å². The van der Waals surface area contributed by atoms with Gasteiger partial charge >= 0.3 is 0 Å². The molecule has 3 heteroatoms. The normalized spacial score (nSPS) is 11.4. The molecule has 0 spiro atoms. The van der Waals surface area contributed by atoms with E-state index in [0.29, 0.717) is 5.82 Å². The summed E-state index contributed by atoms with van der Waals surface area (Å²) < 4.78 is 2.05. The van der Waals surface area contributed by atoms with Crippen molar-refractivity contribution in [3.8, 4) is 0 Å². The molecule has 2 N–H and O–H groups in total. The van der Waals surface area contributed by atoms with Crippen LogP contribution in [-0.4, -0.2) is 9.55 Å². The number of nitrogens with zero attached hydrogens (tertiary/aromatic N) is 2. The largest absolute Gasteiger partial charge is 0.384 e. The van der Waals surface area contributed by atoms with Crippen molar-refractivity contribution in [2.45, 2.75) is 5.54 Å². The minimum atomic E-state index is -0.579. The standard InChI is InChI=1S/C22H19N3/c23-21-16-24-17-25(21)22(18-10-4-1-5-11-18,19-12-6-2-7-13-19)20-14-8-3-9-15-20/h1-17H,23H2. The summed E-state index contributed by atoms with van der Waals surface area (Å²) >= 11 is 0.